The fraction of sp³-hybridized carbons (Fsp3) is 0.533. The minimum absolute atomic E-state index is 0.0806. The van der Waals surface area contributed by atoms with Gasteiger partial charge in [0.1, 0.15) is 0 Å². The highest BCUT2D eigenvalue weighted by molar-refractivity contribution is 5.79. The number of nitrogens with zero attached hydrogens (tertiary/aromatic N) is 1. The molecule has 20 heavy (non-hydrogen) atoms. The first-order valence-electron chi connectivity index (χ1n) is 7.06. The van der Waals surface area contributed by atoms with Gasteiger partial charge in [0.15, 0.2) is 11.6 Å². The Morgan fingerprint density at radius 2 is 2.20 bits per heavy atom. The summed E-state index contributed by atoms with van der Waals surface area (Å²) in [7, 11) is 0. The van der Waals surface area contributed by atoms with Gasteiger partial charge in [0.25, 0.3) is 0 Å². The van der Waals surface area contributed by atoms with E-state index in [9.17, 15) is 13.6 Å². The number of likely N-dealkylation sites (tertiary alicyclic amines) is 1. The van der Waals surface area contributed by atoms with E-state index in [-0.39, 0.29) is 23.9 Å². The number of nitrogens with two attached hydrogens (primary N) is 1. The van der Waals surface area contributed by atoms with Crippen molar-refractivity contribution in [1.29, 1.82) is 0 Å². The van der Waals surface area contributed by atoms with E-state index in [0.717, 1.165) is 31.7 Å². The zero-order chi connectivity index (χ0) is 14.5. The number of rotatable bonds is 5. The van der Waals surface area contributed by atoms with Gasteiger partial charge in [-0.15, -0.1) is 0 Å². The van der Waals surface area contributed by atoms with Crippen molar-refractivity contribution in [2.24, 2.45) is 5.73 Å². The lowest BCUT2D eigenvalue weighted by Crippen LogP contribution is -2.37. The van der Waals surface area contributed by atoms with E-state index < -0.39 is 11.6 Å². The lowest BCUT2D eigenvalue weighted by Gasteiger charge is -2.24. The molecule has 2 N–H and O–H groups in total. The minimum Gasteiger partial charge on any atom is -0.339 e. The predicted molar refractivity (Wildman–Crippen MR) is 73.1 cm³/mol. The van der Waals surface area contributed by atoms with Crippen LogP contribution >= 0.6 is 0 Å². The third kappa shape index (κ3) is 3.33. The molecule has 1 saturated heterocycles. The molecule has 110 valence electrons. The average molecular weight is 282 g/mol. The van der Waals surface area contributed by atoms with E-state index in [0.29, 0.717) is 13.1 Å². The van der Waals surface area contributed by atoms with Crippen LogP contribution in [0.5, 0.6) is 0 Å². The Labute approximate surface area is 117 Å². The van der Waals surface area contributed by atoms with Gasteiger partial charge in [0, 0.05) is 18.2 Å². The molecule has 1 aliphatic heterocycles. The summed E-state index contributed by atoms with van der Waals surface area (Å²) in [6, 6.07) is 4.14. The van der Waals surface area contributed by atoms with Crippen LogP contribution in [0.3, 0.4) is 0 Å². The normalized spacial score (nSPS) is 18.6. The summed E-state index contributed by atoms with van der Waals surface area (Å²) < 4.78 is 26.7. The van der Waals surface area contributed by atoms with E-state index in [1.807, 2.05) is 0 Å². The maximum atomic E-state index is 13.6. The van der Waals surface area contributed by atoms with Crippen molar-refractivity contribution in [2.75, 3.05) is 13.1 Å². The first-order valence-corrected chi connectivity index (χ1v) is 7.06. The Morgan fingerprint density at radius 3 is 2.95 bits per heavy atom. The van der Waals surface area contributed by atoms with Gasteiger partial charge < -0.3 is 10.6 Å². The molecule has 1 heterocycles. The molecule has 0 bridgehead atoms. The summed E-state index contributed by atoms with van der Waals surface area (Å²) in [5, 5.41) is 0. The second-order valence-corrected chi connectivity index (χ2v) is 5.20. The molecule has 1 aromatic carbocycles. The van der Waals surface area contributed by atoms with Crippen LogP contribution in [0, 0.1) is 11.6 Å². The van der Waals surface area contributed by atoms with Gasteiger partial charge in [-0.05, 0) is 38.3 Å². The van der Waals surface area contributed by atoms with Crippen LogP contribution in [0.25, 0.3) is 0 Å². The minimum atomic E-state index is -0.918. The molecular weight excluding hydrogens is 262 g/mol. The maximum Gasteiger partial charge on any atom is 0.227 e. The quantitative estimate of drug-likeness (QED) is 0.900. The number of hydrogen-bond acceptors (Lipinski definition) is 2. The summed E-state index contributed by atoms with van der Waals surface area (Å²) in [4.78, 5) is 14.0. The molecule has 1 amide bonds. The molecule has 0 radical (unpaired) electrons. The SMILES string of the molecule is NCCCC1CCCN1C(=O)Cc1cccc(F)c1F. The van der Waals surface area contributed by atoms with Gasteiger partial charge in [0.05, 0.1) is 6.42 Å². The predicted octanol–water partition coefficient (Wildman–Crippen LogP) is 2.24. The Hall–Kier alpha value is -1.49. The van der Waals surface area contributed by atoms with E-state index in [1.54, 1.807) is 4.90 Å². The third-order valence-corrected chi connectivity index (χ3v) is 3.81. The summed E-state index contributed by atoms with van der Waals surface area (Å²) in [5.41, 5.74) is 5.62. The van der Waals surface area contributed by atoms with Gasteiger partial charge in [0.2, 0.25) is 5.91 Å². The van der Waals surface area contributed by atoms with Crippen LogP contribution in [-0.2, 0) is 11.2 Å². The summed E-state index contributed by atoms with van der Waals surface area (Å²) >= 11 is 0. The lowest BCUT2D eigenvalue weighted by molar-refractivity contribution is -0.131. The fourth-order valence-corrected chi connectivity index (χ4v) is 2.77. The van der Waals surface area contributed by atoms with E-state index >= 15 is 0 Å². The molecule has 0 spiro atoms. The van der Waals surface area contributed by atoms with Crippen LogP contribution in [0.4, 0.5) is 8.78 Å². The maximum absolute atomic E-state index is 13.6. The van der Waals surface area contributed by atoms with Crippen molar-refractivity contribution in [3.05, 3.63) is 35.4 Å². The molecule has 1 atom stereocenters. The van der Waals surface area contributed by atoms with Crippen molar-refractivity contribution in [2.45, 2.75) is 38.1 Å². The summed E-state index contributed by atoms with van der Waals surface area (Å²) in [6.45, 7) is 1.31. The van der Waals surface area contributed by atoms with Gasteiger partial charge in [-0.1, -0.05) is 12.1 Å². The molecule has 2 rings (SSSR count). The highest BCUT2D eigenvalue weighted by Gasteiger charge is 2.28. The first kappa shape index (κ1) is 14.9. The van der Waals surface area contributed by atoms with Crippen LogP contribution in [0.15, 0.2) is 18.2 Å². The summed E-state index contributed by atoms with van der Waals surface area (Å²) in [6.07, 6.45) is 3.61. The number of carbonyl (C=O) groups is 1. The van der Waals surface area contributed by atoms with E-state index in [2.05, 4.69) is 0 Å². The third-order valence-electron chi connectivity index (χ3n) is 3.81. The topological polar surface area (TPSA) is 46.3 Å². The molecule has 1 unspecified atom stereocenters. The van der Waals surface area contributed by atoms with Gasteiger partial charge in [-0.3, -0.25) is 4.79 Å². The fourth-order valence-electron chi connectivity index (χ4n) is 2.77. The molecule has 0 aliphatic carbocycles. The van der Waals surface area contributed by atoms with Crippen molar-refractivity contribution in [1.82, 2.24) is 4.90 Å². The smallest absolute Gasteiger partial charge is 0.227 e. The Bertz CT molecular complexity index is 479. The zero-order valence-corrected chi connectivity index (χ0v) is 11.4. The highest BCUT2D eigenvalue weighted by Crippen LogP contribution is 2.23. The summed E-state index contributed by atoms with van der Waals surface area (Å²) in [5.74, 6) is -1.95. The number of benzene rings is 1. The average Bonchev–Trinajstić information content (AvgIpc) is 2.90. The Morgan fingerprint density at radius 1 is 1.40 bits per heavy atom. The van der Waals surface area contributed by atoms with Crippen molar-refractivity contribution < 1.29 is 13.6 Å². The zero-order valence-electron chi connectivity index (χ0n) is 11.4. The molecule has 0 saturated carbocycles. The molecule has 5 heteroatoms. The van der Waals surface area contributed by atoms with Crippen molar-refractivity contribution in [3.63, 3.8) is 0 Å². The van der Waals surface area contributed by atoms with Crippen LogP contribution in [0.1, 0.15) is 31.2 Å². The molecular formula is C15H20F2N2O. The lowest BCUT2D eigenvalue weighted by atomic mass is 10.1. The number of halogens is 2. The molecule has 1 aromatic rings. The van der Waals surface area contributed by atoms with Gasteiger partial charge in [-0.25, -0.2) is 8.78 Å². The van der Waals surface area contributed by atoms with Crippen LogP contribution < -0.4 is 5.73 Å². The van der Waals surface area contributed by atoms with Crippen molar-refractivity contribution >= 4 is 5.91 Å². The van der Waals surface area contributed by atoms with E-state index in [4.69, 9.17) is 5.73 Å². The second kappa shape index (κ2) is 6.79. The Kier molecular flexibility index (Phi) is 5.06. The monoisotopic (exact) mass is 282 g/mol. The molecule has 3 nitrogen and oxygen atoms in total. The number of hydrogen-bond donors (Lipinski definition) is 1. The first-order chi connectivity index (χ1) is 9.63. The standard InChI is InChI=1S/C15H20F2N2O/c16-13-7-1-4-11(15(13)17)10-14(20)19-9-3-6-12(19)5-2-8-18/h1,4,7,12H,2-3,5-6,8-10,18H2. The van der Waals surface area contributed by atoms with Crippen LogP contribution in [-0.4, -0.2) is 29.9 Å². The van der Waals surface area contributed by atoms with E-state index in [1.165, 1.54) is 12.1 Å². The van der Waals surface area contributed by atoms with Crippen LogP contribution in [0.2, 0.25) is 0 Å². The largest absolute Gasteiger partial charge is 0.339 e. The molecule has 0 aromatic heterocycles. The second-order valence-electron chi connectivity index (χ2n) is 5.20. The van der Waals surface area contributed by atoms with Gasteiger partial charge in [-0.2, -0.15) is 0 Å². The Balaban J connectivity index is 2.02. The number of carbonyl (C=O) groups excluding carboxylic acids is 1. The molecule has 1 aliphatic rings. The highest BCUT2D eigenvalue weighted by atomic mass is 19.2. The molecule has 1 fully saturated rings. The number of amides is 1. The van der Waals surface area contributed by atoms with Gasteiger partial charge >= 0.3 is 0 Å². The van der Waals surface area contributed by atoms with Crippen molar-refractivity contribution in [3.8, 4) is 0 Å².